The molecule has 3 heteroatoms. The maximum Gasteiger partial charge on any atom is 0.321 e. The van der Waals surface area contributed by atoms with E-state index in [0.29, 0.717) is 17.2 Å². The lowest BCUT2D eigenvalue weighted by atomic mass is 9.69. The molecule has 0 N–H and O–H groups in total. The van der Waals surface area contributed by atoms with Crippen LogP contribution in [0.4, 0.5) is 0 Å². The van der Waals surface area contributed by atoms with Gasteiger partial charge in [0.15, 0.2) is 0 Å². The molecule has 0 bridgehead atoms. The second-order valence-corrected chi connectivity index (χ2v) is 10.6. The third kappa shape index (κ3) is 7.20. The monoisotopic (exact) mass is 473 g/mol. The largest absolute Gasteiger partial charge is 0.424 e. The molecule has 0 heterocycles. The van der Waals surface area contributed by atoms with Crippen molar-refractivity contribution >= 4 is 5.97 Å². The summed E-state index contributed by atoms with van der Waals surface area (Å²) in [6.07, 6.45) is 14.1. The van der Waals surface area contributed by atoms with Gasteiger partial charge in [-0.25, -0.2) is 0 Å². The smallest absolute Gasteiger partial charge is 0.321 e. The van der Waals surface area contributed by atoms with E-state index in [0.717, 1.165) is 68.9 Å². The molecular weight excluding hydrogens is 430 g/mol. The van der Waals surface area contributed by atoms with Crippen LogP contribution in [0.2, 0.25) is 0 Å². The fourth-order valence-electron chi connectivity index (χ4n) is 5.46. The Bertz CT molecular complexity index is 980. The summed E-state index contributed by atoms with van der Waals surface area (Å²) in [7, 11) is 0. The third-order valence-electron chi connectivity index (χ3n) is 7.68. The Morgan fingerprint density at radius 3 is 2.31 bits per heavy atom. The maximum absolute atomic E-state index is 13.7. The number of rotatable bonds is 12. The van der Waals surface area contributed by atoms with E-state index in [1.165, 1.54) is 31.2 Å². The van der Waals surface area contributed by atoms with Gasteiger partial charge in [-0.15, -0.1) is 0 Å². The van der Waals surface area contributed by atoms with Crippen LogP contribution < -0.4 is 4.74 Å². The summed E-state index contributed by atoms with van der Waals surface area (Å²) in [6.45, 7) is 6.74. The van der Waals surface area contributed by atoms with E-state index >= 15 is 0 Å². The first kappa shape index (κ1) is 27.0. The molecule has 188 valence electrons. The Morgan fingerprint density at radius 2 is 1.66 bits per heavy atom. The number of ether oxygens (including phenoxy) is 1. The predicted molar refractivity (Wildman–Crippen MR) is 144 cm³/mol. The van der Waals surface area contributed by atoms with Crippen molar-refractivity contribution < 1.29 is 9.53 Å². The summed E-state index contributed by atoms with van der Waals surface area (Å²) in [4.78, 5) is 13.7. The van der Waals surface area contributed by atoms with E-state index in [2.05, 4.69) is 51.1 Å². The van der Waals surface area contributed by atoms with Gasteiger partial charge in [-0.05, 0) is 66.8 Å². The number of esters is 1. The summed E-state index contributed by atoms with van der Waals surface area (Å²) >= 11 is 0. The Labute approximate surface area is 212 Å². The molecule has 3 nitrogen and oxygen atoms in total. The van der Waals surface area contributed by atoms with Crippen molar-refractivity contribution in [2.45, 2.75) is 110 Å². The zero-order valence-electron chi connectivity index (χ0n) is 22.1. The lowest BCUT2D eigenvalue weighted by molar-refractivity contribution is -0.142. The molecule has 1 atom stereocenters. The van der Waals surface area contributed by atoms with Crippen molar-refractivity contribution in [2.24, 2.45) is 5.92 Å². The van der Waals surface area contributed by atoms with E-state index in [9.17, 15) is 10.1 Å². The minimum Gasteiger partial charge on any atom is -0.424 e. The van der Waals surface area contributed by atoms with Crippen LogP contribution in [-0.4, -0.2) is 5.97 Å². The van der Waals surface area contributed by atoms with Crippen molar-refractivity contribution in [3.8, 4) is 11.8 Å². The number of nitriles is 1. The van der Waals surface area contributed by atoms with Gasteiger partial charge in [0.1, 0.15) is 11.8 Å². The number of unbranched alkanes of at least 4 members (excludes halogenated alkanes) is 3. The van der Waals surface area contributed by atoms with Gasteiger partial charge in [-0.1, -0.05) is 102 Å². The van der Waals surface area contributed by atoms with Crippen molar-refractivity contribution in [1.82, 2.24) is 0 Å². The second-order valence-electron chi connectivity index (χ2n) is 10.6. The van der Waals surface area contributed by atoms with E-state index < -0.39 is 5.41 Å². The van der Waals surface area contributed by atoms with E-state index in [1.54, 1.807) is 6.07 Å². The molecule has 1 aliphatic rings. The van der Waals surface area contributed by atoms with Crippen LogP contribution >= 0.6 is 0 Å². The average molecular weight is 474 g/mol. The average Bonchev–Trinajstić information content (AvgIpc) is 2.89. The summed E-state index contributed by atoms with van der Waals surface area (Å²) in [5.74, 6) is 0.849. The first-order valence-corrected chi connectivity index (χ1v) is 13.9. The van der Waals surface area contributed by atoms with Crippen LogP contribution in [0.25, 0.3) is 0 Å². The molecule has 0 aliphatic heterocycles. The molecule has 3 rings (SSSR count). The topological polar surface area (TPSA) is 50.1 Å². The van der Waals surface area contributed by atoms with Crippen LogP contribution in [0.5, 0.6) is 5.75 Å². The molecule has 2 aromatic carbocycles. The maximum atomic E-state index is 13.7. The van der Waals surface area contributed by atoms with Crippen molar-refractivity contribution in [1.29, 1.82) is 5.26 Å². The zero-order chi connectivity index (χ0) is 25.1. The standard InChI is InChI=1S/C32H43NO2/c1-4-6-9-12-25(3)22-27-14-17-29(18-15-27)32(20-10-8-11-21-32)31(34)35-30-19-16-26(13-7-5-2)23-28(30)24-33/h14-19,23,25H,4-13,20-22H2,1-3H3. The van der Waals surface area contributed by atoms with Crippen LogP contribution in [0.15, 0.2) is 42.5 Å². The van der Waals surface area contributed by atoms with Gasteiger partial charge < -0.3 is 4.74 Å². The summed E-state index contributed by atoms with van der Waals surface area (Å²) in [5.41, 5.74) is 3.34. The van der Waals surface area contributed by atoms with Crippen molar-refractivity contribution in [2.75, 3.05) is 0 Å². The summed E-state index contributed by atoms with van der Waals surface area (Å²) < 4.78 is 5.98. The van der Waals surface area contributed by atoms with Gasteiger partial charge in [0.05, 0.1) is 11.0 Å². The van der Waals surface area contributed by atoms with E-state index in [-0.39, 0.29) is 5.97 Å². The molecule has 35 heavy (non-hydrogen) atoms. The predicted octanol–water partition coefficient (Wildman–Crippen LogP) is 8.47. The molecule has 1 fully saturated rings. The Kier molecular flexibility index (Phi) is 10.4. The molecule has 0 aromatic heterocycles. The molecule has 2 aromatic rings. The Balaban J connectivity index is 1.77. The molecule has 0 saturated heterocycles. The molecule has 1 aliphatic carbocycles. The number of hydrogen-bond acceptors (Lipinski definition) is 3. The van der Waals surface area contributed by atoms with Gasteiger partial charge >= 0.3 is 5.97 Å². The summed E-state index contributed by atoms with van der Waals surface area (Å²) in [6, 6.07) is 16.6. The van der Waals surface area contributed by atoms with Crippen molar-refractivity contribution in [3.63, 3.8) is 0 Å². The lowest BCUT2D eigenvalue weighted by Crippen LogP contribution is -2.41. The highest BCUT2D eigenvalue weighted by atomic mass is 16.5. The first-order chi connectivity index (χ1) is 17.0. The quantitative estimate of drug-likeness (QED) is 0.176. The van der Waals surface area contributed by atoms with Crippen LogP contribution in [0.1, 0.15) is 114 Å². The van der Waals surface area contributed by atoms with E-state index in [1.807, 2.05) is 12.1 Å². The van der Waals surface area contributed by atoms with Gasteiger partial charge in [-0.2, -0.15) is 5.26 Å². The van der Waals surface area contributed by atoms with Crippen LogP contribution in [-0.2, 0) is 23.1 Å². The van der Waals surface area contributed by atoms with Crippen LogP contribution in [0, 0.1) is 17.2 Å². The Morgan fingerprint density at radius 1 is 0.971 bits per heavy atom. The number of carbonyl (C=O) groups excluding carboxylic acids is 1. The van der Waals surface area contributed by atoms with Crippen molar-refractivity contribution in [3.05, 3.63) is 64.7 Å². The zero-order valence-corrected chi connectivity index (χ0v) is 22.1. The van der Waals surface area contributed by atoms with Gasteiger partial charge in [-0.3, -0.25) is 4.79 Å². The van der Waals surface area contributed by atoms with Gasteiger partial charge in [0.25, 0.3) is 0 Å². The highest BCUT2D eigenvalue weighted by molar-refractivity contribution is 5.85. The molecule has 0 amide bonds. The number of nitrogens with zero attached hydrogens (tertiary/aromatic N) is 1. The number of benzene rings is 2. The molecular formula is C32H43NO2. The molecule has 1 unspecified atom stereocenters. The summed E-state index contributed by atoms with van der Waals surface area (Å²) in [5, 5.41) is 9.70. The fourth-order valence-corrected chi connectivity index (χ4v) is 5.46. The second kappa shape index (κ2) is 13.5. The number of aryl methyl sites for hydroxylation is 1. The minimum absolute atomic E-state index is 0.212. The van der Waals surface area contributed by atoms with Gasteiger partial charge in [0, 0.05) is 0 Å². The number of carbonyl (C=O) groups is 1. The normalized spacial score (nSPS) is 15.8. The van der Waals surface area contributed by atoms with Gasteiger partial charge in [0.2, 0.25) is 0 Å². The highest BCUT2D eigenvalue weighted by Gasteiger charge is 2.43. The lowest BCUT2D eigenvalue weighted by Gasteiger charge is -2.35. The third-order valence-corrected chi connectivity index (χ3v) is 7.68. The minimum atomic E-state index is -0.628. The van der Waals surface area contributed by atoms with E-state index in [4.69, 9.17) is 4.74 Å². The first-order valence-electron chi connectivity index (χ1n) is 13.9. The number of hydrogen-bond donors (Lipinski definition) is 0. The van der Waals surface area contributed by atoms with Crippen LogP contribution in [0.3, 0.4) is 0 Å². The Hall–Kier alpha value is -2.60. The molecule has 1 saturated carbocycles. The molecule has 0 spiro atoms. The highest BCUT2D eigenvalue weighted by Crippen LogP contribution is 2.41. The molecule has 0 radical (unpaired) electrons. The SMILES string of the molecule is CCCCCC(C)Cc1ccc(C2(C(=O)Oc3ccc(CCCC)cc3C#N)CCCCC2)cc1. The fraction of sp³-hybridized carbons (Fsp3) is 0.562.